The maximum absolute atomic E-state index is 12.5. The monoisotopic (exact) mass is 475 g/mol. The van der Waals surface area contributed by atoms with E-state index in [1.54, 1.807) is 11.8 Å². The number of carbonyl (C=O) groups is 3. The lowest BCUT2D eigenvalue weighted by Gasteiger charge is -2.30. The SMILES string of the molecule is CCC(=O)Nc1cccc(-c2noc(C3CCN(C(=O)CNC(=O)Cc4ccccc4)CC3)n2)c1. The molecular weight excluding hydrogens is 446 g/mol. The Labute approximate surface area is 203 Å². The molecule has 9 nitrogen and oxygen atoms in total. The second-order valence-corrected chi connectivity index (χ2v) is 8.53. The molecule has 1 fully saturated rings. The molecule has 182 valence electrons. The molecule has 0 bridgehead atoms. The minimum atomic E-state index is -0.170. The van der Waals surface area contributed by atoms with E-state index in [0.29, 0.717) is 49.8 Å². The predicted octanol–water partition coefficient (Wildman–Crippen LogP) is 3.15. The molecule has 0 spiro atoms. The summed E-state index contributed by atoms with van der Waals surface area (Å²) in [6.07, 6.45) is 2.07. The van der Waals surface area contributed by atoms with Crippen molar-refractivity contribution in [2.24, 2.45) is 0 Å². The lowest BCUT2D eigenvalue weighted by Crippen LogP contribution is -2.44. The number of aromatic nitrogens is 2. The highest BCUT2D eigenvalue weighted by atomic mass is 16.5. The average Bonchev–Trinajstić information content (AvgIpc) is 3.38. The van der Waals surface area contributed by atoms with Gasteiger partial charge in [0.15, 0.2) is 0 Å². The highest BCUT2D eigenvalue weighted by Gasteiger charge is 2.27. The zero-order valence-corrected chi connectivity index (χ0v) is 19.7. The predicted molar refractivity (Wildman–Crippen MR) is 130 cm³/mol. The summed E-state index contributed by atoms with van der Waals surface area (Å²) in [6, 6.07) is 16.8. The second kappa shape index (κ2) is 11.4. The Morgan fingerprint density at radius 3 is 2.54 bits per heavy atom. The van der Waals surface area contributed by atoms with Gasteiger partial charge in [0.25, 0.3) is 0 Å². The van der Waals surface area contributed by atoms with E-state index in [2.05, 4.69) is 20.8 Å². The largest absolute Gasteiger partial charge is 0.347 e. The normalized spacial score (nSPS) is 13.9. The topological polar surface area (TPSA) is 117 Å². The Bertz CT molecular complexity index is 1170. The molecule has 3 aromatic rings. The van der Waals surface area contributed by atoms with Gasteiger partial charge < -0.3 is 20.1 Å². The highest BCUT2D eigenvalue weighted by Crippen LogP contribution is 2.29. The highest BCUT2D eigenvalue weighted by molar-refractivity contribution is 5.91. The molecule has 1 saturated heterocycles. The molecule has 0 radical (unpaired) electrons. The van der Waals surface area contributed by atoms with Crippen LogP contribution in [0.1, 0.15) is 43.6 Å². The van der Waals surface area contributed by atoms with Crippen LogP contribution in [0.2, 0.25) is 0 Å². The molecule has 1 aliphatic heterocycles. The number of piperidine rings is 1. The van der Waals surface area contributed by atoms with Crippen LogP contribution in [0.4, 0.5) is 5.69 Å². The van der Waals surface area contributed by atoms with Crippen LogP contribution in [0, 0.1) is 0 Å². The summed E-state index contributed by atoms with van der Waals surface area (Å²) in [5.41, 5.74) is 2.35. The molecule has 1 aromatic heterocycles. The summed E-state index contributed by atoms with van der Waals surface area (Å²) >= 11 is 0. The van der Waals surface area contributed by atoms with Gasteiger partial charge in [-0.05, 0) is 30.5 Å². The van der Waals surface area contributed by atoms with E-state index in [0.717, 1.165) is 11.1 Å². The molecule has 0 saturated carbocycles. The fourth-order valence-electron chi connectivity index (χ4n) is 4.01. The van der Waals surface area contributed by atoms with Crippen molar-refractivity contribution in [1.82, 2.24) is 20.4 Å². The van der Waals surface area contributed by atoms with Crippen molar-refractivity contribution in [3.63, 3.8) is 0 Å². The maximum Gasteiger partial charge on any atom is 0.241 e. The third-order valence-corrected chi connectivity index (χ3v) is 6.01. The summed E-state index contributed by atoms with van der Waals surface area (Å²) in [5, 5.41) is 9.66. The summed E-state index contributed by atoms with van der Waals surface area (Å²) in [5.74, 6) is 0.751. The van der Waals surface area contributed by atoms with Crippen molar-refractivity contribution in [2.45, 2.75) is 38.5 Å². The average molecular weight is 476 g/mol. The molecule has 0 unspecified atom stereocenters. The summed E-state index contributed by atoms with van der Waals surface area (Å²) in [7, 11) is 0. The Kier molecular flexibility index (Phi) is 7.87. The van der Waals surface area contributed by atoms with Crippen molar-refractivity contribution in [2.75, 3.05) is 25.0 Å². The van der Waals surface area contributed by atoms with E-state index in [-0.39, 0.29) is 36.6 Å². The molecule has 2 heterocycles. The third-order valence-electron chi connectivity index (χ3n) is 6.01. The Balaban J connectivity index is 1.26. The van der Waals surface area contributed by atoms with E-state index in [1.807, 2.05) is 54.6 Å². The van der Waals surface area contributed by atoms with Gasteiger partial charge in [0, 0.05) is 36.7 Å². The molecule has 0 aliphatic carbocycles. The first kappa shape index (κ1) is 24.1. The van der Waals surface area contributed by atoms with Crippen LogP contribution >= 0.6 is 0 Å². The fourth-order valence-corrected chi connectivity index (χ4v) is 4.01. The number of rotatable bonds is 8. The van der Waals surface area contributed by atoms with Crippen LogP contribution in [0.3, 0.4) is 0 Å². The van der Waals surface area contributed by atoms with Crippen molar-refractivity contribution in [3.05, 3.63) is 66.1 Å². The van der Waals surface area contributed by atoms with Gasteiger partial charge in [-0.2, -0.15) is 4.98 Å². The maximum atomic E-state index is 12.5. The van der Waals surface area contributed by atoms with Crippen molar-refractivity contribution in [1.29, 1.82) is 0 Å². The Morgan fingerprint density at radius 2 is 1.80 bits per heavy atom. The summed E-state index contributed by atoms with van der Waals surface area (Å²) in [6.45, 7) is 2.92. The number of amides is 3. The minimum absolute atomic E-state index is 0.00799. The van der Waals surface area contributed by atoms with Gasteiger partial charge in [0.2, 0.25) is 29.4 Å². The van der Waals surface area contributed by atoms with E-state index >= 15 is 0 Å². The zero-order chi connectivity index (χ0) is 24.6. The van der Waals surface area contributed by atoms with Gasteiger partial charge >= 0.3 is 0 Å². The van der Waals surface area contributed by atoms with Crippen molar-refractivity contribution < 1.29 is 18.9 Å². The van der Waals surface area contributed by atoms with E-state index < -0.39 is 0 Å². The zero-order valence-electron chi connectivity index (χ0n) is 19.7. The van der Waals surface area contributed by atoms with Crippen LogP contribution < -0.4 is 10.6 Å². The molecular formula is C26H29N5O4. The number of benzene rings is 2. The first-order valence-electron chi connectivity index (χ1n) is 11.8. The first-order valence-corrected chi connectivity index (χ1v) is 11.8. The van der Waals surface area contributed by atoms with E-state index in [1.165, 1.54) is 0 Å². The molecule has 3 amide bonds. The molecule has 35 heavy (non-hydrogen) atoms. The molecule has 2 aromatic carbocycles. The molecule has 0 atom stereocenters. The number of hydrogen-bond acceptors (Lipinski definition) is 6. The fraction of sp³-hybridized carbons (Fsp3) is 0.346. The van der Waals surface area contributed by atoms with Gasteiger partial charge in [0.1, 0.15) is 0 Å². The number of anilines is 1. The van der Waals surface area contributed by atoms with Gasteiger partial charge in [0.05, 0.1) is 13.0 Å². The molecule has 2 N–H and O–H groups in total. The molecule has 9 heteroatoms. The smallest absolute Gasteiger partial charge is 0.241 e. The third kappa shape index (κ3) is 6.53. The van der Waals surface area contributed by atoms with Crippen molar-refractivity contribution in [3.8, 4) is 11.4 Å². The summed E-state index contributed by atoms with van der Waals surface area (Å²) in [4.78, 5) is 42.6. The van der Waals surface area contributed by atoms with E-state index in [4.69, 9.17) is 4.52 Å². The van der Waals surface area contributed by atoms with Crippen LogP contribution in [0.5, 0.6) is 0 Å². The Hall–Kier alpha value is -4.01. The molecule has 1 aliphatic rings. The van der Waals surface area contributed by atoms with Crippen LogP contribution in [-0.2, 0) is 20.8 Å². The van der Waals surface area contributed by atoms with Crippen molar-refractivity contribution >= 4 is 23.4 Å². The van der Waals surface area contributed by atoms with Crippen LogP contribution in [-0.4, -0.2) is 52.4 Å². The number of nitrogens with one attached hydrogen (secondary N) is 2. The quantitative estimate of drug-likeness (QED) is 0.517. The Morgan fingerprint density at radius 1 is 1.03 bits per heavy atom. The standard InChI is InChI=1S/C26H29N5O4/c1-2-22(32)28-21-10-6-9-20(16-21)25-29-26(35-30-25)19-11-13-31(14-12-19)24(34)17-27-23(33)15-18-7-4-3-5-8-18/h3-10,16,19H,2,11-15,17H2,1H3,(H,27,33)(H,28,32). The number of nitrogens with zero attached hydrogens (tertiary/aromatic N) is 3. The van der Waals surface area contributed by atoms with Gasteiger partial charge in [-0.15, -0.1) is 0 Å². The first-order chi connectivity index (χ1) is 17.0. The summed E-state index contributed by atoms with van der Waals surface area (Å²) < 4.78 is 5.52. The van der Waals surface area contributed by atoms with Gasteiger partial charge in [-0.1, -0.05) is 54.5 Å². The van der Waals surface area contributed by atoms with Crippen LogP contribution in [0.15, 0.2) is 59.1 Å². The lowest BCUT2D eigenvalue weighted by molar-refractivity contribution is -0.133. The van der Waals surface area contributed by atoms with Crippen LogP contribution in [0.25, 0.3) is 11.4 Å². The lowest BCUT2D eigenvalue weighted by atomic mass is 9.96. The second-order valence-electron chi connectivity index (χ2n) is 8.53. The number of hydrogen-bond donors (Lipinski definition) is 2. The molecule has 4 rings (SSSR count). The van der Waals surface area contributed by atoms with E-state index in [9.17, 15) is 14.4 Å². The van der Waals surface area contributed by atoms with Gasteiger partial charge in [-0.25, -0.2) is 0 Å². The minimum Gasteiger partial charge on any atom is -0.347 e. The number of carbonyl (C=O) groups excluding carboxylic acids is 3. The van der Waals surface area contributed by atoms with Gasteiger partial charge in [-0.3, -0.25) is 14.4 Å². The number of likely N-dealkylation sites (tertiary alicyclic amines) is 1.